The van der Waals surface area contributed by atoms with E-state index in [0.717, 1.165) is 15.9 Å². The molecular formula is C15H18BrN3. The van der Waals surface area contributed by atoms with Gasteiger partial charge in [0.2, 0.25) is 0 Å². The van der Waals surface area contributed by atoms with Crippen molar-refractivity contribution >= 4 is 15.9 Å². The summed E-state index contributed by atoms with van der Waals surface area (Å²) in [6, 6.07) is 8.77. The third-order valence-electron chi connectivity index (χ3n) is 3.18. The van der Waals surface area contributed by atoms with Crippen molar-refractivity contribution in [1.82, 2.24) is 15.3 Å². The highest BCUT2D eigenvalue weighted by Gasteiger charge is 2.14. The van der Waals surface area contributed by atoms with Crippen LogP contribution in [0.1, 0.15) is 42.9 Å². The maximum absolute atomic E-state index is 4.41. The number of aromatic nitrogens is 2. The normalized spacial score (nSPS) is 14.1. The van der Waals surface area contributed by atoms with Crippen LogP contribution in [-0.4, -0.2) is 9.97 Å². The van der Waals surface area contributed by atoms with Gasteiger partial charge < -0.3 is 5.32 Å². The van der Waals surface area contributed by atoms with Crippen molar-refractivity contribution in [3.05, 3.63) is 58.1 Å². The number of nitrogens with zero attached hydrogens (tertiary/aromatic N) is 2. The monoisotopic (exact) mass is 319 g/mol. The molecule has 0 aliphatic rings. The van der Waals surface area contributed by atoms with Crippen LogP contribution >= 0.6 is 15.9 Å². The number of rotatable bonds is 4. The van der Waals surface area contributed by atoms with Crippen LogP contribution in [0.4, 0.5) is 0 Å². The summed E-state index contributed by atoms with van der Waals surface area (Å²) in [5.41, 5.74) is 3.23. The zero-order chi connectivity index (χ0) is 13.8. The van der Waals surface area contributed by atoms with Crippen molar-refractivity contribution in [1.29, 1.82) is 0 Å². The molecule has 2 aromatic rings. The SMILES string of the molecule is Cc1nccnc1C(C)NC(C)c1cccc(Br)c1. The van der Waals surface area contributed by atoms with E-state index in [1.165, 1.54) is 5.56 Å². The average Bonchev–Trinajstić information content (AvgIpc) is 2.39. The van der Waals surface area contributed by atoms with E-state index in [2.05, 4.69) is 63.3 Å². The van der Waals surface area contributed by atoms with Crippen molar-refractivity contribution < 1.29 is 0 Å². The Morgan fingerprint density at radius 3 is 2.53 bits per heavy atom. The summed E-state index contributed by atoms with van der Waals surface area (Å²) in [5, 5.41) is 3.56. The second-order valence-electron chi connectivity index (χ2n) is 4.69. The Morgan fingerprint density at radius 2 is 1.84 bits per heavy atom. The van der Waals surface area contributed by atoms with Crippen molar-refractivity contribution in [2.24, 2.45) is 0 Å². The smallest absolute Gasteiger partial charge is 0.0782 e. The first kappa shape index (κ1) is 14.2. The molecule has 0 fully saturated rings. The third kappa shape index (κ3) is 3.61. The summed E-state index contributed by atoms with van der Waals surface area (Å²) in [4.78, 5) is 8.69. The van der Waals surface area contributed by atoms with Crippen LogP contribution in [0.25, 0.3) is 0 Å². The number of hydrogen-bond acceptors (Lipinski definition) is 3. The molecule has 3 nitrogen and oxygen atoms in total. The molecule has 0 saturated carbocycles. The molecule has 100 valence electrons. The fourth-order valence-electron chi connectivity index (χ4n) is 2.17. The molecule has 0 aliphatic heterocycles. The van der Waals surface area contributed by atoms with Gasteiger partial charge in [0.15, 0.2) is 0 Å². The Morgan fingerprint density at radius 1 is 1.11 bits per heavy atom. The molecule has 1 aromatic heterocycles. The van der Waals surface area contributed by atoms with E-state index in [1.807, 2.05) is 13.0 Å². The summed E-state index contributed by atoms with van der Waals surface area (Å²) in [5.74, 6) is 0. The van der Waals surface area contributed by atoms with Crippen molar-refractivity contribution in [3.8, 4) is 0 Å². The largest absolute Gasteiger partial charge is 0.302 e. The molecule has 2 atom stereocenters. The first-order valence-corrected chi connectivity index (χ1v) is 7.16. The molecule has 4 heteroatoms. The number of nitrogens with one attached hydrogen (secondary N) is 1. The van der Waals surface area contributed by atoms with E-state index in [1.54, 1.807) is 12.4 Å². The van der Waals surface area contributed by atoms with Gasteiger partial charge in [0.25, 0.3) is 0 Å². The Hall–Kier alpha value is -1.26. The summed E-state index contributed by atoms with van der Waals surface area (Å²) in [6.07, 6.45) is 3.47. The number of benzene rings is 1. The van der Waals surface area contributed by atoms with Gasteiger partial charge in [-0.05, 0) is 38.5 Å². The summed E-state index contributed by atoms with van der Waals surface area (Å²) >= 11 is 3.50. The van der Waals surface area contributed by atoms with E-state index in [-0.39, 0.29) is 12.1 Å². The lowest BCUT2D eigenvalue weighted by Gasteiger charge is -2.21. The first-order chi connectivity index (χ1) is 9.08. The van der Waals surface area contributed by atoms with Crippen LogP contribution in [0.2, 0.25) is 0 Å². The van der Waals surface area contributed by atoms with E-state index < -0.39 is 0 Å². The van der Waals surface area contributed by atoms with E-state index in [0.29, 0.717) is 0 Å². The van der Waals surface area contributed by atoms with Gasteiger partial charge >= 0.3 is 0 Å². The van der Waals surface area contributed by atoms with Crippen molar-refractivity contribution in [3.63, 3.8) is 0 Å². The molecule has 19 heavy (non-hydrogen) atoms. The molecule has 2 unspecified atom stereocenters. The molecular weight excluding hydrogens is 302 g/mol. The predicted molar refractivity (Wildman–Crippen MR) is 80.9 cm³/mol. The van der Waals surface area contributed by atoms with Crippen LogP contribution in [0, 0.1) is 6.92 Å². The molecule has 0 amide bonds. The van der Waals surface area contributed by atoms with Gasteiger partial charge in [0, 0.05) is 29.0 Å². The van der Waals surface area contributed by atoms with Gasteiger partial charge in [-0.1, -0.05) is 28.1 Å². The van der Waals surface area contributed by atoms with Crippen LogP contribution in [0.3, 0.4) is 0 Å². The van der Waals surface area contributed by atoms with Gasteiger partial charge in [-0.3, -0.25) is 9.97 Å². The lowest BCUT2D eigenvalue weighted by molar-refractivity contribution is 0.482. The quantitative estimate of drug-likeness (QED) is 0.926. The fraction of sp³-hybridized carbons (Fsp3) is 0.333. The highest BCUT2D eigenvalue weighted by molar-refractivity contribution is 9.10. The molecule has 2 rings (SSSR count). The van der Waals surface area contributed by atoms with E-state index in [9.17, 15) is 0 Å². The van der Waals surface area contributed by atoms with E-state index >= 15 is 0 Å². The van der Waals surface area contributed by atoms with Crippen molar-refractivity contribution in [2.45, 2.75) is 32.9 Å². The lowest BCUT2D eigenvalue weighted by Crippen LogP contribution is -2.24. The van der Waals surface area contributed by atoms with Gasteiger partial charge in [0.1, 0.15) is 0 Å². The van der Waals surface area contributed by atoms with Gasteiger partial charge in [-0.25, -0.2) is 0 Å². The minimum atomic E-state index is 0.169. The average molecular weight is 320 g/mol. The predicted octanol–water partition coefficient (Wildman–Crippen LogP) is 3.96. The maximum atomic E-state index is 4.41. The molecule has 0 aliphatic carbocycles. The molecule has 0 spiro atoms. The Bertz CT molecular complexity index is 557. The van der Waals surface area contributed by atoms with Crippen LogP contribution in [0.15, 0.2) is 41.1 Å². The van der Waals surface area contributed by atoms with Gasteiger partial charge in [-0.15, -0.1) is 0 Å². The van der Waals surface area contributed by atoms with Gasteiger partial charge in [-0.2, -0.15) is 0 Å². The topological polar surface area (TPSA) is 37.8 Å². The highest BCUT2D eigenvalue weighted by Crippen LogP contribution is 2.21. The molecule has 0 bridgehead atoms. The first-order valence-electron chi connectivity index (χ1n) is 6.37. The highest BCUT2D eigenvalue weighted by atomic mass is 79.9. The Labute approximate surface area is 122 Å². The second kappa shape index (κ2) is 6.26. The minimum absolute atomic E-state index is 0.169. The molecule has 1 N–H and O–H groups in total. The number of hydrogen-bond donors (Lipinski definition) is 1. The van der Waals surface area contributed by atoms with Crippen molar-refractivity contribution in [2.75, 3.05) is 0 Å². The minimum Gasteiger partial charge on any atom is -0.302 e. The Kier molecular flexibility index (Phi) is 4.66. The molecule has 0 saturated heterocycles. The Balaban J connectivity index is 2.11. The van der Waals surface area contributed by atoms with Crippen LogP contribution < -0.4 is 5.32 Å². The zero-order valence-corrected chi connectivity index (χ0v) is 13.0. The molecule has 0 radical (unpaired) electrons. The third-order valence-corrected chi connectivity index (χ3v) is 3.67. The molecule has 1 aromatic carbocycles. The standard InChI is InChI=1S/C15H18BrN3/c1-10(13-5-4-6-14(16)9-13)19-12(3)15-11(2)17-7-8-18-15/h4-10,12,19H,1-3H3. The van der Waals surface area contributed by atoms with Crippen LogP contribution in [-0.2, 0) is 0 Å². The van der Waals surface area contributed by atoms with E-state index in [4.69, 9.17) is 0 Å². The second-order valence-corrected chi connectivity index (χ2v) is 5.61. The summed E-state index contributed by atoms with van der Waals surface area (Å²) in [7, 11) is 0. The van der Waals surface area contributed by atoms with Gasteiger partial charge in [0.05, 0.1) is 11.4 Å². The number of aryl methyl sites for hydroxylation is 1. The summed E-state index contributed by atoms with van der Waals surface area (Å²) < 4.78 is 1.10. The molecule has 1 heterocycles. The fourth-order valence-corrected chi connectivity index (χ4v) is 2.59. The maximum Gasteiger partial charge on any atom is 0.0782 e. The number of halogens is 1. The lowest BCUT2D eigenvalue weighted by atomic mass is 10.1. The summed E-state index contributed by atoms with van der Waals surface area (Å²) in [6.45, 7) is 6.26. The van der Waals surface area contributed by atoms with Crippen LogP contribution in [0.5, 0.6) is 0 Å². The zero-order valence-electron chi connectivity index (χ0n) is 11.4.